The molecule has 0 aliphatic heterocycles. The van der Waals surface area contributed by atoms with Crippen molar-refractivity contribution >= 4 is 17.6 Å². The van der Waals surface area contributed by atoms with Crippen LogP contribution < -0.4 is 9.47 Å². The lowest BCUT2D eigenvalue weighted by Crippen LogP contribution is -2.21. The predicted octanol–water partition coefficient (Wildman–Crippen LogP) is 2.83. The first kappa shape index (κ1) is 17.4. The normalized spacial score (nSPS) is 11.1. The molecule has 1 rings (SSSR count). The molecule has 0 radical (unpaired) electrons. The van der Waals surface area contributed by atoms with E-state index in [-0.39, 0.29) is 29.5 Å². The number of ether oxygens (including phenoxy) is 3. The van der Waals surface area contributed by atoms with Gasteiger partial charge in [0.05, 0.1) is 43.5 Å². The Balaban J connectivity index is 3.25. The Morgan fingerprint density at radius 2 is 2.10 bits per heavy atom. The number of aromatic nitrogens is 1. The SMILES string of the molecule is CCOC(=O)Cc1ncc(OC)c(CCl)c1OC(F)(F)F. The van der Waals surface area contributed by atoms with Gasteiger partial charge in [0, 0.05) is 0 Å². The van der Waals surface area contributed by atoms with Crippen molar-refractivity contribution in [1.82, 2.24) is 4.98 Å². The summed E-state index contributed by atoms with van der Waals surface area (Å²) in [4.78, 5) is 15.2. The van der Waals surface area contributed by atoms with Gasteiger partial charge in [-0.1, -0.05) is 0 Å². The summed E-state index contributed by atoms with van der Waals surface area (Å²) in [6, 6.07) is 0. The molecule has 0 saturated heterocycles. The van der Waals surface area contributed by atoms with E-state index < -0.39 is 24.5 Å². The monoisotopic (exact) mass is 327 g/mol. The first-order valence-corrected chi connectivity index (χ1v) is 6.37. The zero-order valence-corrected chi connectivity index (χ0v) is 12.0. The smallest absolute Gasteiger partial charge is 0.495 e. The van der Waals surface area contributed by atoms with Crippen LogP contribution in [0.5, 0.6) is 11.5 Å². The van der Waals surface area contributed by atoms with Gasteiger partial charge in [0.15, 0.2) is 5.75 Å². The summed E-state index contributed by atoms with van der Waals surface area (Å²) >= 11 is 5.64. The quantitative estimate of drug-likeness (QED) is 0.594. The highest BCUT2D eigenvalue weighted by Crippen LogP contribution is 2.36. The molecule has 0 atom stereocenters. The molecule has 5 nitrogen and oxygen atoms in total. The molecule has 0 unspecified atom stereocenters. The highest BCUT2D eigenvalue weighted by Gasteiger charge is 2.34. The summed E-state index contributed by atoms with van der Waals surface area (Å²) < 4.78 is 51.0. The van der Waals surface area contributed by atoms with Gasteiger partial charge in [0.25, 0.3) is 0 Å². The van der Waals surface area contributed by atoms with Crippen molar-refractivity contribution < 1.29 is 32.2 Å². The fourth-order valence-corrected chi connectivity index (χ4v) is 1.83. The van der Waals surface area contributed by atoms with Gasteiger partial charge in [-0.05, 0) is 6.92 Å². The number of carbonyl (C=O) groups excluding carboxylic acids is 1. The molecule has 1 aromatic rings. The van der Waals surface area contributed by atoms with Crippen LogP contribution in [0.1, 0.15) is 18.2 Å². The summed E-state index contributed by atoms with van der Waals surface area (Å²) in [6.45, 7) is 1.68. The van der Waals surface area contributed by atoms with Gasteiger partial charge in [-0.3, -0.25) is 9.78 Å². The fraction of sp³-hybridized carbons (Fsp3) is 0.500. The Morgan fingerprint density at radius 1 is 1.43 bits per heavy atom. The number of nitrogens with zero attached hydrogens (tertiary/aromatic N) is 1. The standard InChI is InChI=1S/C12H13ClF3NO4/c1-3-20-10(18)4-8-11(21-12(14,15)16)7(5-13)9(19-2)6-17-8/h6H,3-5H2,1-2H3. The first-order valence-electron chi connectivity index (χ1n) is 5.84. The zero-order valence-electron chi connectivity index (χ0n) is 11.3. The van der Waals surface area contributed by atoms with E-state index >= 15 is 0 Å². The molecule has 118 valence electrons. The molecule has 1 heterocycles. The first-order chi connectivity index (χ1) is 9.82. The second-order valence-corrected chi connectivity index (χ2v) is 4.01. The molecular weight excluding hydrogens is 315 g/mol. The van der Waals surface area contributed by atoms with Crippen LogP contribution in [-0.2, 0) is 21.8 Å². The van der Waals surface area contributed by atoms with Crippen molar-refractivity contribution in [1.29, 1.82) is 0 Å². The maximum atomic E-state index is 12.5. The summed E-state index contributed by atoms with van der Waals surface area (Å²) in [5, 5.41) is 0. The third-order valence-corrected chi connectivity index (χ3v) is 2.63. The third-order valence-electron chi connectivity index (χ3n) is 2.36. The van der Waals surface area contributed by atoms with Crippen LogP contribution in [0, 0.1) is 0 Å². The molecule has 21 heavy (non-hydrogen) atoms. The second-order valence-electron chi connectivity index (χ2n) is 3.74. The molecule has 0 amide bonds. The Kier molecular flexibility index (Phi) is 6.07. The summed E-state index contributed by atoms with van der Waals surface area (Å²) in [7, 11) is 1.26. The molecule has 0 aliphatic rings. The van der Waals surface area contributed by atoms with E-state index in [9.17, 15) is 18.0 Å². The molecular formula is C12H13ClF3NO4. The van der Waals surface area contributed by atoms with E-state index in [2.05, 4.69) is 14.5 Å². The number of carbonyl (C=O) groups is 1. The number of halogens is 4. The molecule has 0 fully saturated rings. The average Bonchev–Trinajstić information content (AvgIpc) is 2.39. The molecule has 1 aromatic heterocycles. The van der Waals surface area contributed by atoms with Crippen LogP contribution in [-0.4, -0.2) is 31.0 Å². The number of esters is 1. The number of rotatable bonds is 6. The highest BCUT2D eigenvalue weighted by molar-refractivity contribution is 6.17. The van der Waals surface area contributed by atoms with Gasteiger partial charge in [-0.25, -0.2) is 0 Å². The molecule has 0 saturated carbocycles. The molecule has 0 aromatic carbocycles. The Hall–Kier alpha value is -1.70. The number of methoxy groups -OCH3 is 1. The molecule has 0 aliphatic carbocycles. The molecule has 9 heteroatoms. The van der Waals surface area contributed by atoms with Crippen LogP contribution in [0.4, 0.5) is 13.2 Å². The van der Waals surface area contributed by atoms with Crippen molar-refractivity contribution in [3.8, 4) is 11.5 Å². The molecule has 0 bridgehead atoms. The van der Waals surface area contributed by atoms with Crippen molar-refractivity contribution in [3.63, 3.8) is 0 Å². The summed E-state index contributed by atoms with van der Waals surface area (Å²) in [5.74, 6) is -1.61. The number of hydrogen-bond acceptors (Lipinski definition) is 5. The van der Waals surface area contributed by atoms with Gasteiger partial charge in [-0.2, -0.15) is 0 Å². The van der Waals surface area contributed by atoms with Crippen molar-refractivity contribution in [2.45, 2.75) is 25.6 Å². The zero-order chi connectivity index (χ0) is 16.0. The van der Waals surface area contributed by atoms with Gasteiger partial charge in [-0.15, -0.1) is 24.8 Å². The van der Waals surface area contributed by atoms with Crippen molar-refractivity contribution in [3.05, 3.63) is 17.5 Å². The largest absolute Gasteiger partial charge is 0.573 e. The van der Waals surface area contributed by atoms with Gasteiger partial charge < -0.3 is 14.2 Å². The maximum Gasteiger partial charge on any atom is 0.573 e. The second kappa shape index (κ2) is 7.35. The lowest BCUT2D eigenvalue weighted by Gasteiger charge is -2.17. The summed E-state index contributed by atoms with van der Waals surface area (Å²) in [5.41, 5.74) is -0.256. The molecule has 0 spiro atoms. The Labute approximate surface area is 124 Å². The van der Waals surface area contributed by atoms with Gasteiger partial charge in [0.1, 0.15) is 5.75 Å². The van der Waals surface area contributed by atoms with Crippen LogP contribution in [0.15, 0.2) is 6.20 Å². The van der Waals surface area contributed by atoms with Crippen molar-refractivity contribution in [2.24, 2.45) is 0 Å². The van der Waals surface area contributed by atoms with Gasteiger partial charge in [0.2, 0.25) is 0 Å². The third kappa shape index (κ3) is 4.96. The van der Waals surface area contributed by atoms with E-state index in [1.807, 2.05) is 0 Å². The van der Waals surface area contributed by atoms with E-state index in [4.69, 9.17) is 16.3 Å². The van der Waals surface area contributed by atoms with Crippen molar-refractivity contribution in [2.75, 3.05) is 13.7 Å². The predicted molar refractivity (Wildman–Crippen MR) is 67.4 cm³/mol. The number of alkyl halides is 4. The summed E-state index contributed by atoms with van der Waals surface area (Å²) in [6.07, 6.45) is -4.24. The van der Waals surface area contributed by atoms with Crippen LogP contribution >= 0.6 is 11.6 Å². The number of pyridine rings is 1. The number of hydrogen-bond donors (Lipinski definition) is 0. The Bertz CT molecular complexity index is 508. The Morgan fingerprint density at radius 3 is 2.57 bits per heavy atom. The molecule has 0 N–H and O–H groups in total. The minimum absolute atomic E-state index is 0.0363. The van der Waals surface area contributed by atoms with Crippen LogP contribution in [0.2, 0.25) is 0 Å². The minimum atomic E-state index is -4.95. The topological polar surface area (TPSA) is 57.7 Å². The maximum absolute atomic E-state index is 12.5. The van der Waals surface area contributed by atoms with E-state index in [1.54, 1.807) is 6.92 Å². The van der Waals surface area contributed by atoms with E-state index in [1.165, 1.54) is 13.3 Å². The van der Waals surface area contributed by atoms with E-state index in [0.717, 1.165) is 0 Å². The van der Waals surface area contributed by atoms with E-state index in [0.29, 0.717) is 0 Å². The average molecular weight is 328 g/mol. The van der Waals surface area contributed by atoms with Crippen LogP contribution in [0.3, 0.4) is 0 Å². The van der Waals surface area contributed by atoms with Gasteiger partial charge >= 0.3 is 12.3 Å². The highest BCUT2D eigenvalue weighted by atomic mass is 35.5. The lowest BCUT2D eigenvalue weighted by molar-refractivity contribution is -0.275. The fourth-order valence-electron chi connectivity index (χ4n) is 1.57. The lowest BCUT2D eigenvalue weighted by atomic mass is 10.1. The minimum Gasteiger partial charge on any atom is -0.495 e. The van der Waals surface area contributed by atoms with Crippen LogP contribution in [0.25, 0.3) is 0 Å².